The van der Waals surface area contributed by atoms with Crippen LogP contribution in [-0.4, -0.2) is 41.6 Å². The van der Waals surface area contributed by atoms with Gasteiger partial charge in [0.25, 0.3) is 0 Å². The normalized spacial score (nSPS) is 20.2. The van der Waals surface area contributed by atoms with Crippen LogP contribution in [-0.2, 0) is 6.42 Å². The molecule has 1 aromatic heterocycles. The predicted molar refractivity (Wildman–Crippen MR) is 121 cm³/mol. The number of hydrogen-bond acceptors (Lipinski definition) is 2. The highest BCUT2D eigenvalue weighted by atomic mass is 127. The number of fused-ring (bicyclic) bond motifs is 1. The Bertz CT molecular complexity index is 733. The van der Waals surface area contributed by atoms with E-state index in [1.165, 1.54) is 25.3 Å². The highest BCUT2D eigenvalue weighted by Gasteiger charge is 2.24. The minimum absolute atomic E-state index is 0. The quantitative estimate of drug-likeness (QED) is 0.322. The Morgan fingerprint density at radius 2 is 2.23 bits per heavy atom. The number of benzene rings is 1. The number of H-pyrrole nitrogens is 1. The average Bonchev–Trinajstić information content (AvgIpc) is 3.22. The van der Waals surface area contributed by atoms with E-state index in [9.17, 15) is 4.39 Å². The maximum Gasteiger partial charge on any atom is 0.191 e. The third-order valence-corrected chi connectivity index (χ3v) is 5.88. The lowest BCUT2D eigenvalue weighted by molar-refractivity contribution is 0.615. The van der Waals surface area contributed by atoms with E-state index >= 15 is 0 Å². The first kappa shape index (κ1) is 21.3. The number of aliphatic imine (C=N–C) groups is 1. The van der Waals surface area contributed by atoms with Gasteiger partial charge in [-0.15, -0.1) is 24.0 Å². The monoisotopic (exact) mass is 490 g/mol. The maximum absolute atomic E-state index is 13.5. The minimum atomic E-state index is -0.198. The molecule has 1 saturated carbocycles. The van der Waals surface area contributed by atoms with Gasteiger partial charge in [-0.25, -0.2) is 4.39 Å². The van der Waals surface area contributed by atoms with Crippen molar-refractivity contribution < 1.29 is 4.39 Å². The number of nitrogens with zero attached hydrogens (tertiary/aromatic N) is 1. The van der Waals surface area contributed by atoms with Crippen molar-refractivity contribution in [3.63, 3.8) is 0 Å². The van der Waals surface area contributed by atoms with Crippen LogP contribution >= 0.6 is 35.7 Å². The molecular weight excluding hydrogens is 462 g/mol. The van der Waals surface area contributed by atoms with Crippen LogP contribution < -0.4 is 10.6 Å². The Balaban J connectivity index is 0.00000243. The van der Waals surface area contributed by atoms with E-state index < -0.39 is 0 Å². The first-order valence-electron chi connectivity index (χ1n) is 9.02. The van der Waals surface area contributed by atoms with Gasteiger partial charge in [-0.1, -0.05) is 0 Å². The summed E-state index contributed by atoms with van der Waals surface area (Å²) >= 11 is 1.96. The van der Waals surface area contributed by atoms with Crippen molar-refractivity contribution in [1.29, 1.82) is 0 Å². The molecule has 2 unspecified atom stereocenters. The van der Waals surface area contributed by atoms with E-state index in [4.69, 9.17) is 4.99 Å². The van der Waals surface area contributed by atoms with Gasteiger partial charge in [-0.05, 0) is 62.6 Å². The van der Waals surface area contributed by atoms with E-state index in [1.807, 2.05) is 18.0 Å². The third-order valence-electron chi connectivity index (χ3n) is 4.78. The maximum atomic E-state index is 13.5. The Morgan fingerprint density at radius 3 is 2.96 bits per heavy atom. The minimum Gasteiger partial charge on any atom is -0.361 e. The van der Waals surface area contributed by atoms with Gasteiger partial charge in [0, 0.05) is 41.5 Å². The van der Waals surface area contributed by atoms with Crippen LogP contribution in [0.4, 0.5) is 4.39 Å². The van der Waals surface area contributed by atoms with Crippen molar-refractivity contribution in [3.05, 3.63) is 35.8 Å². The average molecular weight is 490 g/mol. The second-order valence-electron chi connectivity index (χ2n) is 6.53. The van der Waals surface area contributed by atoms with Gasteiger partial charge in [0.05, 0.1) is 0 Å². The van der Waals surface area contributed by atoms with Crippen molar-refractivity contribution in [2.24, 2.45) is 4.99 Å². The number of aromatic amines is 1. The number of guanidine groups is 1. The van der Waals surface area contributed by atoms with Crippen LogP contribution in [0.25, 0.3) is 10.9 Å². The summed E-state index contributed by atoms with van der Waals surface area (Å²) in [6.07, 6.45) is 8.62. The topological polar surface area (TPSA) is 52.2 Å². The Kier molecular flexibility index (Phi) is 8.53. The molecule has 0 aliphatic heterocycles. The molecule has 0 bridgehead atoms. The third kappa shape index (κ3) is 5.52. The molecule has 2 atom stereocenters. The number of hydrogen-bond donors (Lipinski definition) is 3. The molecule has 1 fully saturated rings. The highest BCUT2D eigenvalue weighted by molar-refractivity contribution is 14.0. The first-order chi connectivity index (χ1) is 12.2. The molecule has 0 spiro atoms. The number of thioether (sulfide) groups is 1. The molecule has 0 amide bonds. The van der Waals surface area contributed by atoms with Crippen LogP contribution in [0.15, 0.2) is 29.4 Å². The number of rotatable bonds is 6. The fourth-order valence-electron chi connectivity index (χ4n) is 3.44. The highest BCUT2D eigenvalue weighted by Crippen LogP contribution is 2.28. The van der Waals surface area contributed by atoms with Crippen molar-refractivity contribution in [2.75, 3.05) is 19.3 Å². The van der Waals surface area contributed by atoms with Gasteiger partial charge in [0.15, 0.2) is 5.96 Å². The Hall–Kier alpha value is -0.960. The SMILES string of the molecule is CCNC(=NCCc1c[nH]c2ccc(F)cc12)NC1CCC(SC)C1.I. The molecule has 0 radical (unpaired) electrons. The van der Waals surface area contributed by atoms with Crippen LogP contribution in [0.3, 0.4) is 0 Å². The van der Waals surface area contributed by atoms with Gasteiger partial charge >= 0.3 is 0 Å². The van der Waals surface area contributed by atoms with E-state index in [0.717, 1.165) is 40.6 Å². The second-order valence-corrected chi connectivity index (χ2v) is 7.66. The fourth-order valence-corrected chi connectivity index (χ4v) is 4.24. The number of aromatic nitrogens is 1. The zero-order chi connectivity index (χ0) is 17.6. The van der Waals surface area contributed by atoms with Crippen LogP contribution in [0.2, 0.25) is 0 Å². The lowest BCUT2D eigenvalue weighted by atomic mass is 10.1. The zero-order valence-corrected chi connectivity index (χ0v) is 18.5. The Morgan fingerprint density at radius 1 is 1.38 bits per heavy atom. The van der Waals surface area contributed by atoms with E-state index in [0.29, 0.717) is 12.6 Å². The molecule has 1 heterocycles. The molecule has 1 aliphatic rings. The molecule has 3 N–H and O–H groups in total. The summed E-state index contributed by atoms with van der Waals surface area (Å²) in [5.74, 6) is 0.691. The van der Waals surface area contributed by atoms with Gasteiger partial charge < -0.3 is 15.6 Å². The van der Waals surface area contributed by atoms with Crippen molar-refractivity contribution >= 4 is 52.6 Å². The molecule has 1 aliphatic carbocycles. The molecule has 1 aromatic carbocycles. The molecule has 3 rings (SSSR count). The Labute approximate surface area is 176 Å². The van der Waals surface area contributed by atoms with E-state index in [1.54, 1.807) is 12.1 Å². The number of nitrogens with one attached hydrogen (secondary N) is 3. The summed E-state index contributed by atoms with van der Waals surface area (Å²) < 4.78 is 13.5. The second kappa shape index (κ2) is 10.4. The molecule has 144 valence electrons. The van der Waals surface area contributed by atoms with Crippen molar-refractivity contribution in [1.82, 2.24) is 15.6 Å². The summed E-state index contributed by atoms with van der Waals surface area (Å²) in [5, 5.41) is 8.61. The molecule has 2 aromatic rings. The summed E-state index contributed by atoms with van der Waals surface area (Å²) in [5.41, 5.74) is 2.08. The summed E-state index contributed by atoms with van der Waals surface area (Å²) in [6.45, 7) is 3.61. The molecule has 4 nitrogen and oxygen atoms in total. The van der Waals surface area contributed by atoms with Crippen LogP contribution in [0.5, 0.6) is 0 Å². The van der Waals surface area contributed by atoms with Gasteiger partial charge in [0.2, 0.25) is 0 Å². The zero-order valence-electron chi connectivity index (χ0n) is 15.3. The summed E-state index contributed by atoms with van der Waals surface area (Å²) in [4.78, 5) is 7.91. The fraction of sp³-hybridized carbons (Fsp3) is 0.526. The first-order valence-corrected chi connectivity index (χ1v) is 10.3. The van der Waals surface area contributed by atoms with Gasteiger partial charge in [0.1, 0.15) is 5.82 Å². The smallest absolute Gasteiger partial charge is 0.191 e. The lowest BCUT2D eigenvalue weighted by Gasteiger charge is -2.17. The van der Waals surface area contributed by atoms with Gasteiger partial charge in [-0.3, -0.25) is 4.99 Å². The summed E-state index contributed by atoms with van der Waals surface area (Å²) in [7, 11) is 0. The largest absolute Gasteiger partial charge is 0.361 e. The summed E-state index contributed by atoms with van der Waals surface area (Å²) in [6, 6.07) is 5.37. The van der Waals surface area contributed by atoms with E-state index in [2.05, 4.69) is 28.8 Å². The molecule has 26 heavy (non-hydrogen) atoms. The van der Waals surface area contributed by atoms with Crippen LogP contribution in [0.1, 0.15) is 31.7 Å². The molecular formula is C19H28FIN4S. The van der Waals surface area contributed by atoms with Gasteiger partial charge in [-0.2, -0.15) is 11.8 Å². The van der Waals surface area contributed by atoms with Crippen LogP contribution in [0, 0.1) is 5.82 Å². The standard InChI is InChI=1S/C19H27FN4S.HI/c1-3-21-19(24-15-5-6-16(11-15)25-2)22-9-8-13-12-23-18-7-4-14(20)10-17(13)18;/h4,7,10,12,15-16,23H,3,5-6,8-9,11H2,1-2H3,(H2,21,22,24);1H. The van der Waals surface area contributed by atoms with Crippen molar-refractivity contribution in [2.45, 2.75) is 43.9 Å². The molecule has 7 heteroatoms. The number of halogens is 2. The van der Waals surface area contributed by atoms with Crippen molar-refractivity contribution in [3.8, 4) is 0 Å². The van der Waals surface area contributed by atoms with E-state index in [-0.39, 0.29) is 29.8 Å². The molecule has 0 saturated heterocycles. The lowest BCUT2D eigenvalue weighted by Crippen LogP contribution is -2.42. The predicted octanol–water partition coefficient (Wildman–Crippen LogP) is 4.31.